The van der Waals surface area contributed by atoms with Crippen molar-refractivity contribution in [3.8, 4) is 0 Å². The van der Waals surface area contributed by atoms with E-state index in [0.717, 1.165) is 57.6 Å². The molecule has 3 rings (SSSR count). The van der Waals surface area contributed by atoms with Crippen molar-refractivity contribution in [2.45, 2.75) is 26.3 Å². The smallest absolute Gasteiger partial charge is 0.225 e. The lowest BCUT2D eigenvalue weighted by atomic mass is 10.0. The van der Waals surface area contributed by atoms with Gasteiger partial charge in [-0.1, -0.05) is 31.2 Å². The molecule has 1 atom stereocenters. The Kier molecular flexibility index (Phi) is 10.5. The van der Waals surface area contributed by atoms with E-state index in [1.807, 2.05) is 6.07 Å². The van der Waals surface area contributed by atoms with Crippen molar-refractivity contribution in [3.63, 3.8) is 0 Å². The SMILES string of the molecule is CCNC(=NCC(c1ccc(CC)cc1)N(C)C)N1CCN(c2ncccn2)CC1.I. The topological polar surface area (TPSA) is 59.9 Å². The van der Waals surface area contributed by atoms with Gasteiger partial charge in [-0.05, 0) is 44.6 Å². The molecule has 1 fully saturated rings. The molecule has 0 saturated carbocycles. The summed E-state index contributed by atoms with van der Waals surface area (Å²) in [7, 11) is 4.25. The fraction of sp³-hybridized carbons (Fsp3) is 0.522. The molecule has 1 unspecified atom stereocenters. The van der Waals surface area contributed by atoms with Gasteiger partial charge in [0.2, 0.25) is 5.95 Å². The van der Waals surface area contributed by atoms with Crippen molar-refractivity contribution in [2.75, 3.05) is 58.3 Å². The molecular weight excluding hydrogens is 501 g/mol. The van der Waals surface area contributed by atoms with Gasteiger partial charge in [-0.15, -0.1) is 24.0 Å². The van der Waals surface area contributed by atoms with Crippen molar-refractivity contribution in [2.24, 2.45) is 4.99 Å². The molecule has 1 saturated heterocycles. The lowest BCUT2D eigenvalue weighted by molar-refractivity contribution is 0.303. The minimum atomic E-state index is 0. The zero-order valence-electron chi connectivity index (χ0n) is 19.2. The fourth-order valence-corrected chi connectivity index (χ4v) is 3.71. The Labute approximate surface area is 204 Å². The number of likely N-dealkylation sites (N-methyl/N-ethyl adjacent to an activating group) is 1. The lowest BCUT2D eigenvalue weighted by Crippen LogP contribution is -2.53. The molecule has 1 N–H and O–H groups in total. The lowest BCUT2D eigenvalue weighted by Gasteiger charge is -2.36. The van der Waals surface area contributed by atoms with Crippen LogP contribution in [-0.2, 0) is 6.42 Å². The monoisotopic (exact) mass is 537 g/mol. The number of nitrogens with one attached hydrogen (secondary N) is 1. The first-order valence-electron chi connectivity index (χ1n) is 10.9. The minimum absolute atomic E-state index is 0. The summed E-state index contributed by atoms with van der Waals surface area (Å²) in [4.78, 5) is 20.6. The van der Waals surface area contributed by atoms with Crippen LogP contribution in [0, 0.1) is 0 Å². The summed E-state index contributed by atoms with van der Waals surface area (Å²) in [5, 5.41) is 3.48. The maximum atomic E-state index is 5.02. The number of piperazine rings is 1. The number of aryl methyl sites for hydroxylation is 1. The molecule has 1 aliphatic rings. The molecule has 2 heterocycles. The van der Waals surface area contributed by atoms with E-state index in [0.29, 0.717) is 0 Å². The van der Waals surface area contributed by atoms with Crippen LogP contribution in [-0.4, -0.2) is 79.1 Å². The Bertz CT molecular complexity index is 787. The first-order chi connectivity index (χ1) is 14.6. The number of nitrogens with zero attached hydrogens (tertiary/aromatic N) is 6. The second-order valence-electron chi connectivity index (χ2n) is 7.79. The summed E-state index contributed by atoms with van der Waals surface area (Å²) in [6.07, 6.45) is 4.67. The Morgan fingerprint density at radius 3 is 2.26 bits per heavy atom. The molecule has 0 bridgehead atoms. The van der Waals surface area contributed by atoms with Gasteiger partial charge in [0.15, 0.2) is 5.96 Å². The number of anilines is 1. The molecule has 8 heteroatoms. The molecule has 1 aliphatic heterocycles. The number of rotatable bonds is 7. The average Bonchev–Trinajstić information content (AvgIpc) is 2.79. The van der Waals surface area contributed by atoms with Crippen molar-refractivity contribution in [3.05, 3.63) is 53.9 Å². The quantitative estimate of drug-likeness (QED) is 0.333. The molecule has 0 aliphatic carbocycles. The van der Waals surface area contributed by atoms with E-state index >= 15 is 0 Å². The van der Waals surface area contributed by atoms with E-state index in [1.165, 1.54) is 11.1 Å². The highest BCUT2D eigenvalue weighted by Gasteiger charge is 2.22. The maximum Gasteiger partial charge on any atom is 0.225 e. The normalized spacial score (nSPS) is 15.6. The second kappa shape index (κ2) is 12.8. The number of aromatic nitrogens is 2. The summed E-state index contributed by atoms with van der Waals surface area (Å²) < 4.78 is 0. The summed E-state index contributed by atoms with van der Waals surface area (Å²) in [5.74, 6) is 1.80. The Morgan fingerprint density at radius 1 is 1.06 bits per heavy atom. The molecule has 0 amide bonds. The second-order valence-corrected chi connectivity index (χ2v) is 7.79. The maximum absolute atomic E-state index is 5.02. The van der Waals surface area contributed by atoms with Gasteiger partial charge in [0.25, 0.3) is 0 Å². The zero-order chi connectivity index (χ0) is 21.3. The van der Waals surface area contributed by atoms with Crippen molar-refractivity contribution >= 4 is 35.9 Å². The summed E-state index contributed by atoms with van der Waals surface area (Å²) in [6.45, 7) is 9.49. The highest BCUT2D eigenvalue weighted by molar-refractivity contribution is 14.0. The van der Waals surface area contributed by atoms with Crippen LogP contribution in [0.25, 0.3) is 0 Å². The van der Waals surface area contributed by atoms with Gasteiger partial charge in [-0.2, -0.15) is 0 Å². The zero-order valence-corrected chi connectivity index (χ0v) is 21.5. The first-order valence-corrected chi connectivity index (χ1v) is 10.9. The predicted octanol–water partition coefficient (Wildman–Crippen LogP) is 3.05. The highest BCUT2D eigenvalue weighted by Crippen LogP contribution is 2.20. The summed E-state index contributed by atoms with van der Waals surface area (Å²) >= 11 is 0. The molecule has 1 aromatic heterocycles. The molecule has 2 aromatic rings. The van der Waals surface area contributed by atoms with E-state index in [4.69, 9.17) is 4.99 Å². The summed E-state index contributed by atoms with van der Waals surface area (Å²) in [6, 6.07) is 11.0. The average molecular weight is 537 g/mol. The van der Waals surface area contributed by atoms with Gasteiger partial charge in [-0.25, -0.2) is 9.97 Å². The van der Waals surface area contributed by atoms with Crippen LogP contribution in [0.4, 0.5) is 5.95 Å². The Hall–Kier alpha value is -1.94. The van der Waals surface area contributed by atoms with Crippen molar-refractivity contribution < 1.29 is 0 Å². The van der Waals surface area contributed by atoms with Gasteiger partial charge >= 0.3 is 0 Å². The predicted molar refractivity (Wildman–Crippen MR) is 139 cm³/mol. The van der Waals surface area contributed by atoms with Crippen LogP contribution in [0.3, 0.4) is 0 Å². The minimum Gasteiger partial charge on any atom is -0.357 e. The van der Waals surface area contributed by atoms with Crippen LogP contribution < -0.4 is 10.2 Å². The van der Waals surface area contributed by atoms with Crippen molar-refractivity contribution in [1.29, 1.82) is 0 Å². The van der Waals surface area contributed by atoms with Gasteiger partial charge in [-0.3, -0.25) is 4.99 Å². The number of hydrogen-bond donors (Lipinski definition) is 1. The largest absolute Gasteiger partial charge is 0.357 e. The van der Waals surface area contributed by atoms with E-state index in [1.54, 1.807) is 12.4 Å². The van der Waals surface area contributed by atoms with E-state index in [9.17, 15) is 0 Å². The number of guanidine groups is 1. The summed E-state index contributed by atoms with van der Waals surface area (Å²) in [5.41, 5.74) is 2.68. The van der Waals surface area contributed by atoms with Gasteiger partial charge in [0.1, 0.15) is 0 Å². The molecule has 7 nitrogen and oxygen atoms in total. The van der Waals surface area contributed by atoms with Crippen LogP contribution >= 0.6 is 24.0 Å². The van der Waals surface area contributed by atoms with Gasteiger partial charge < -0.3 is 20.0 Å². The van der Waals surface area contributed by atoms with E-state index < -0.39 is 0 Å². The molecule has 0 spiro atoms. The Morgan fingerprint density at radius 2 is 1.71 bits per heavy atom. The molecule has 31 heavy (non-hydrogen) atoms. The number of hydrogen-bond acceptors (Lipinski definition) is 5. The number of aliphatic imine (C=N–C) groups is 1. The van der Waals surface area contributed by atoms with Gasteiger partial charge in [0, 0.05) is 45.1 Å². The molecule has 1 aromatic carbocycles. The van der Waals surface area contributed by atoms with Crippen LogP contribution in [0.15, 0.2) is 47.7 Å². The molecule has 170 valence electrons. The highest BCUT2D eigenvalue weighted by atomic mass is 127. The third kappa shape index (κ3) is 7.03. The first kappa shape index (κ1) is 25.3. The Balaban J connectivity index is 0.00000341. The van der Waals surface area contributed by atoms with E-state index in [2.05, 4.69) is 82.2 Å². The van der Waals surface area contributed by atoms with Crippen molar-refractivity contribution in [1.82, 2.24) is 25.1 Å². The standard InChI is InChI=1S/C23H35N7.HI/c1-5-19-8-10-20(11-9-19)21(28(3)4)18-27-22(24-6-2)29-14-16-30(17-15-29)23-25-12-7-13-26-23;/h7-13,21H,5-6,14-18H2,1-4H3,(H,24,27);1H. The van der Waals surface area contributed by atoms with Crippen LogP contribution in [0.5, 0.6) is 0 Å². The number of benzene rings is 1. The molecular formula is C23H36IN7. The van der Waals surface area contributed by atoms with Crippen LogP contribution in [0.1, 0.15) is 31.0 Å². The fourth-order valence-electron chi connectivity index (χ4n) is 3.71. The van der Waals surface area contributed by atoms with E-state index in [-0.39, 0.29) is 30.0 Å². The van der Waals surface area contributed by atoms with Crippen LogP contribution in [0.2, 0.25) is 0 Å². The third-order valence-electron chi connectivity index (χ3n) is 5.56. The number of halogens is 1. The van der Waals surface area contributed by atoms with Gasteiger partial charge in [0.05, 0.1) is 12.6 Å². The molecule has 0 radical (unpaired) electrons. The third-order valence-corrected chi connectivity index (χ3v) is 5.56.